The molecule has 6 nitrogen and oxygen atoms in total. The minimum Gasteiger partial charge on any atom is -0.272 e. The van der Waals surface area contributed by atoms with E-state index in [2.05, 4.69) is 43.4 Å². The zero-order chi connectivity index (χ0) is 26.9. The zero-order valence-corrected chi connectivity index (χ0v) is 23.8. The Morgan fingerprint density at radius 1 is 1.11 bits per heavy atom. The number of carbonyl (C=O) groups excluding carboxylic acids is 1. The molecule has 0 aliphatic heterocycles. The van der Waals surface area contributed by atoms with Crippen molar-refractivity contribution in [3.8, 4) is 5.69 Å². The van der Waals surface area contributed by atoms with Crippen molar-refractivity contribution in [3.05, 3.63) is 86.0 Å². The van der Waals surface area contributed by atoms with Crippen LogP contribution in [0.5, 0.6) is 0 Å². The van der Waals surface area contributed by atoms with Gasteiger partial charge in [-0.1, -0.05) is 74.5 Å². The molecule has 2 aromatic carbocycles. The number of fused-ring (bicyclic) bond motifs is 3. The summed E-state index contributed by atoms with van der Waals surface area (Å²) in [4.78, 5) is 33.4. The Balaban J connectivity index is 1.36. The van der Waals surface area contributed by atoms with Gasteiger partial charge in [-0.15, -0.1) is 11.3 Å². The fourth-order valence-electron chi connectivity index (χ4n) is 4.62. The van der Waals surface area contributed by atoms with E-state index in [0.717, 1.165) is 58.3 Å². The van der Waals surface area contributed by atoms with Crippen molar-refractivity contribution in [2.45, 2.75) is 63.9 Å². The molecule has 0 unspecified atom stereocenters. The van der Waals surface area contributed by atoms with Gasteiger partial charge in [-0.05, 0) is 66.8 Å². The van der Waals surface area contributed by atoms with Gasteiger partial charge in [0, 0.05) is 4.88 Å². The second-order valence-electron chi connectivity index (χ2n) is 10.7. The molecule has 0 atom stereocenters. The summed E-state index contributed by atoms with van der Waals surface area (Å²) >= 11 is 2.87. The summed E-state index contributed by atoms with van der Waals surface area (Å²) in [5, 5.41) is 5.38. The standard InChI is InChI=1S/C30H32N4O2S2/c1-19-9-15-22(16-10-19)34-28(36)26-23-7-5-6-8-24(23)38-27(26)32-29(34)37-18-25(35)33-31-17-20-11-13-21(14-12-20)30(2,3)4/h9-17H,5-8,18H2,1-4H3,(H,33,35). The predicted octanol–water partition coefficient (Wildman–Crippen LogP) is 6.17. The number of hydrogen-bond donors (Lipinski definition) is 1. The van der Waals surface area contributed by atoms with E-state index in [4.69, 9.17) is 4.98 Å². The molecule has 4 aromatic rings. The van der Waals surface area contributed by atoms with Crippen LogP contribution in [0, 0.1) is 6.92 Å². The number of benzene rings is 2. The first kappa shape index (κ1) is 26.4. The highest BCUT2D eigenvalue weighted by molar-refractivity contribution is 7.99. The fourth-order valence-corrected chi connectivity index (χ4v) is 6.72. The van der Waals surface area contributed by atoms with Crippen LogP contribution in [0.4, 0.5) is 0 Å². The van der Waals surface area contributed by atoms with E-state index in [1.807, 2.05) is 43.3 Å². The second kappa shape index (κ2) is 10.9. The number of nitrogens with zero attached hydrogens (tertiary/aromatic N) is 3. The van der Waals surface area contributed by atoms with Crippen molar-refractivity contribution >= 4 is 45.4 Å². The van der Waals surface area contributed by atoms with Crippen LogP contribution in [0.3, 0.4) is 0 Å². The van der Waals surface area contributed by atoms with Crippen LogP contribution < -0.4 is 11.0 Å². The normalized spacial score (nSPS) is 13.7. The average Bonchev–Trinajstić information content (AvgIpc) is 3.27. The number of aryl methyl sites for hydroxylation is 3. The molecule has 0 saturated heterocycles. The predicted molar refractivity (Wildman–Crippen MR) is 158 cm³/mol. The summed E-state index contributed by atoms with van der Waals surface area (Å²) in [6.07, 6.45) is 5.81. The Morgan fingerprint density at radius 3 is 2.53 bits per heavy atom. The lowest BCUT2D eigenvalue weighted by Crippen LogP contribution is -2.24. The number of thiophene rings is 1. The summed E-state index contributed by atoms with van der Waals surface area (Å²) in [5.74, 6) is -0.164. The molecular weight excluding hydrogens is 512 g/mol. The van der Waals surface area contributed by atoms with Crippen LogP contribution in [0.1, 0.15) is 60.7 Å². The highest BCUT2D eigenvalue weighted by Crippen LogP contribution is 2.35. The van der Waals surface area contributed by atoms with Gasteiger partial charge in [0.25, 0.3) is 11.5 Å². The Labute approximate surface area is 231 Å². The van der Waals surface area contributed by atoms with E-state index in [1.54, 1.807) is 22.1 Å². The van der Waals surface area contributed by atoms with E-state index in [1.165, 1.54) is 22.2 Å². The van der Waals surface area contributed by atoms with Crippen LogP contribution in [0.2, 0.25) is 0 Å². The molecule has 0 saturated carbocycles. The largest absolute Gasteiger partial charge is 0.272 e. The van der Waals surface area contributed by atoms with Gasteiger partial charge in [-0.3, -0.25) is 14.2 Å². The molecule has 1 N–H and O–H groups in total. The quantitative estimate of drug-likeness (QED) is 0.136. The van der Waals surface area contributed by atoms with E-state index >= 15 is 0 Å². The SMILES string of the molecule is Cc1ccc(-n2c(SCC(=O)NN=Cc3ccc(C(C)(C)C)cc3)nc3sc4c(c3c2=O)CCCC4)cc1. The number of aromatic nitrogens is 2. The van der Waals surface area contributed by atoms with Gasteiger partial charge in [-0.2, -0.15) is 5.10 Å². The summed E-state index contributed by atoms with van der Waals surface area (Å²) in [6.45, 7) is 8.53. The number of rotatable bonds is 6. The molecular formula is C30H32N4O2S2. The van der Waals surface area contributed by atoms with Crippen LogP contribution in [0.25, 0.3) is 15.9 Å². The fraction of sp³-hybridized carbons (Fsp3) is 0.333. The van der Waals surface area contributed by atoms with E-state index < -0.39 is 0 Å². The summed E-state index contributed by atoms with van der Waals surface area (Å²) < 4.78 is 1.65. The number of nitrogens with one attached hydrogen (secondary N) is 1. The number of hydrazone groups is 1. The Hall–Kier alpha value is -3.23. The minimum absolute atomic E-state index is 0.0575. The molecule has 0 radical (unpaired) electrons. The van der Waals surface area contributed by atoms with Crippen LogP contribution in [0.15, 0.2) is 63.6 Å². The van der Waals surface area contributed by atoms with Crippen molar-refractivity contribution in [2.24, 2.45) is 5.10 Å². The van der Waals surface area contributed by atoms with Gasteiger partial charge in [0.15, 0.2) is 5.16 Å². The van der Waals surface area contributed by atoms with Crippen LogP contribution in [-0.4, -0.2) is 27.4 Å². The van der Waals surface area contributed by atoms with Gasteiger partial charge < -0.3 is 0 Å². The second-order valence-corrected chi connectivity index (χ2v) is 12.7. The maximum atomic E-state index is 13.8. The van der Waals surface area contributed by atoms with E-state index in [0.29, 0.717) is 5.16 Å². The molecule has 0 fully saturated rings. The number of amides is 1. The summed E-state index contributed by atoms with van der Waals surface area (Å²) in [5.41, 5.74) is 7.81. The molecule has 0 bridgehead atoms. The first-order chi connectivity index (χ1) is 18.2. The monoisotopic (exact) mass is 544 g/mol. The number of thioether (sulfide) groups is 1. The van der Waals surface area contributed by atoms with E-state index in [-0.39, 0.29) is 22.6 Å². The summed E-state index contributed by atoms with van der Waals surface area (Å²) in [6, 6.07) is 16.0. The molecule has 1 amide bonds. The van der Waals surface area contributed by atoms with Crippen molar-refractivity contribution in [2.75, 3.05) is 5.75 Å². The Bertz CT molecular complexity index is 1560. The highest BCUT2D eigenvalue weighted by Gasteiger charge is 2.23. The molecule has 38 heavy (non-hydrogen) atoms. The topological polar surface area (TPSA) is 76.3 Å². The lowest BCUT2D eigenvalue weighted by molar-refractivity contribution is -0.118. The van der Waals surface area contributed by atoms with Gasteiger partial charge in [0.05, 0.1) is 23.0 Å². The maximum absolute atomic E-state index is 13.8. The van der Waals surface area contributed by atoms with Crippen molar-refractivity contribution < 1.29 is 4.79 Å². The van der Waals surface area contributed by atoms with Crippen molar-refractivity contribution in [3.63, 3.8) is 0 Å². The molecule has 196 valence electrons. The first-order valence-corrected chi connectivity index (χ1v) is 14.7. The van der Waals surface area contributed by atoms with Gasteiger partial charge in [-0.25, -0.2) is 10.4 Å². The van der Waals surface area contributed by atoms with Gasteiger partial charge in [0.2, 0.25) is 0 Å². The van der Waals surface area contributed by atoms with E-state index in [9.17, 15) is 9.59 Å². The molecule has 2 heterocycles. The highest BCUT2D eigenvalue weighted by atomic mass is 32.2. The maximum Gasteiger partial charge on any atom is 0.267 e. The molecule has 1 aliphatic carbocycles. The lowest BCUT2D eigenvalue weighted by Gasteiger charge is -2.18. The van der Waals surface area contributed by atoms with Crippen LogP contribution >= 0.6 is 23.1 Å². The summed E-state index contributed by atoms with van der Waals surface area (Å²) in [7, 11) is 0. The first-order valence-electron chi connectivity index (χ1n) is 12.9. The zero-order valence-electron chi connectivity index (χ0n) is 22.2. The average molecular weight is 545 g/mol. The molecule has 5 rings (SSSR count). The number of carbonyl (C=O) groups is 1. The molecule has 2 aromatic heterocycles. The third-order valence-corrected chi connectivity index (χ3v) is 8.89. The Kier molecular flexibility index (Phi) is 7.54. The Morgan fingerprint density at radius 2 is 1.82 bits per heavy atom. The number of hydrogen-bond acceptors (Lipinski definition) is 6. The third-order valence-electron chi connectivity index (χ3n) is 6.76. The minimum atomic E-state index is -0.257. The van der Waals surface area contributed by atoms with Gasteiger partial charge in [0.1, 0.15) is 4.83 Å². The lowest BCUT2D eigenvalue weighted by atomic mass is 9.87. The van der Waals surface area contributed by atoms with Crippen LogP contribution in [-0.2, 0) is 23.1 Å². The van der Waals surface area contributed by atoms with Gasteiger partial charge >= 0.3 is 0 Å². The van der Waals surface area contributed by atoms with Crippen molar-refractivity contribution in [1.29, 1.82) is 0 Å². The molecule has 1 aliphatic rings. The third kappa shape index (κ3) is 5.61. The smallest absolute Gasteiger partial charge is 0.267 e. The molecule has 8 heteroatoms. The van der Waals surface area contributed by atoms with Crippen molar-refractivity contribution in [1.82, 2.24) is 15.0 Å². The molecule has 0 spiro atoms.